The van der Waals surface area contributed by atoms with Crippen LogP contribution in [0.3, 0.4) is 0 Å². The third kappa shape index (κ3) is 4.09. The SMILES string of the molecule is CC(C)CN1CCCOC2(C1)CN(C(=O)c1nccs1)CCO2. The molecule has 2 fully saturated rings. The summed E-state index contributed by atoms with van der Waals surface area (Å²) in [7, 11) is 0. The van der Waals surface area contributed by atoms with Gasteiger partial charge in [0, 0.05) is 31.2 Å². The lowest BCUT2D eigenvalue weighted by Crippen LogP contribution is -2.59. The first-order valence-corrected chi connectivity index (χ1v) is 9.15. The van der Waals surface area contributed by atoms with Gasteiger partial charge in [0.25, 0.3) is 5.91 Å². The van der Waals surface area contributed by atoms with Crippen LogP contribution in [-0.4, -0.2) is 72.4 Å². The molecule has 0 aromatic carbocycles. The molecule has 0 N–H and O–H groups in total. The average molecular weight is 339 g/mol. The number of amides is 1. The number of carbonyl (C=O) groups is 1. The minimum absolute atomic E-state index is 0.0223. The standard InChI is InChI=1S/C16H25N3O3S/c1-13(2)10-18-5-3-7-21-16(11-18)12-19(6-8-22-16)15(20)14-17-4-9-23-14/h4,9,13H,3,5-8,10-12H2,1-2H3. The van der Waals surface area contributed by atoms with Crippen molar-refractivity contribution in [2.75, 3.05) is 45.9 Å². The summed E-state index contributed by atoms with van der Waals surface area (Å²) in [6, 6.07) is 0. The van der Waals surface area contributed by atoms with E-state index in [0.29, 0.717) is 43.8 Å². The average Bonchev–Trinajstić information content (AvgIpc) is 2.98. The first kappa shape index (κ1) is 16.8. The van der Waals surface area contributed by atoms with E-state index in [9.17, 15) is 4.79 Å². The third-order valence-electron chi connectivity index (χ3n) is 4.13. The Labute approximate surface area is 141 Å². The highest BCUT2D eigenvalue weighted by Gasteiger charge is 2.42. The maximum Gasteiger partial charge on any atom is 0.283 e. The predicted molar refractivity (Wildman–Crippen MR) is 88.5 cm³/mol. The van der Waals surface area contributed by atoms with E-state index < -0.39 is 5.79 Å². The zero-order chi connectivity index (χ0) is 16.3. The van der Waals surface area contributed by atoms with Crippen LogP contribution in [0.4, 0.5) is 0 Å². The van der Waals surface area contributed by atoms with Crippen molar-refractivity contribution in [1.82, 2.24) is 14.8 Å². The Kier molecular flexibility index (Phi) is 5.31. The van der Waals surface area contributed by atoms with Gasteiger partial charge in [0.2, 0.25) is 0 Å². The summed E-state index contributed by atoms with van der Waals surface area (Å²) in [6.07, 6.45) is 2.67. The lowest BCUT2D eigenvalue weighted by molar-refractivity contribution is -0.261. The molecule has 2 saturated heterocycles. The van der Waals surface area contributed by atoms with Crippen LogP contribution in [0.25, 0.3) is 0 Å². The molecule has 0 aliphatic carbocycles. The van der Waals surface area contributed by atoms with Crippen LogP contribution >= 0.6 is 11.3 Å². The largest absolute Gasteiger partial charge is 0.347 e. The van der Waals surface area contributed by atoms with Gasteiger partial charge in [-0.3, -0.25) is 9.69 Å². The first-order valence-electron chi connectivity index (χ1n) is 8.27. The second-order valence-corrected chi connectivity index (χ2v) is 7.55. The van der Waals surface area contributed by atoms with Crippen LogP contribution in [0.1, 0.15) is 30.1 Å². The van der Waals surface area contributed by atoms with Gasteiger partial charge in [-0.1, -0.05) is 13.8 Å². The zero-order valence-electron chi connectivity index (χ0n) is 13.9. The molecule has 7 heteroatoms. The number of nitrogens with zero attached hydrogens (tertiary/aromatic N) is 3. The van der Waals surface area contributed by atoms with Gasteiger partial charge in [-0.15, -0.1) is 11.3 Å². The molecule has 6 nitrogen and oxygen atoms in total. The van der Waals surface area contributed by atoms with Crippen molar-refractivity contribution in [2.24, 2.45) is 5.92 Å². The fourth-order valence-corrected chi connectivity index (χ4v) is 3.86. The summed E-state index contributed by atoms with van der Waals surface area (Å²) >= 11 is 1.38. The highest BCUT2D eigenvalue weighted by molar-refractivity contribution is 7.11. The molecule has 1 aromatic heterocycles. The van der Waals surface area contributed by atoms with Crippen molar-refractivity contribution < 1.29 is 14.3 Å². The summed E-state index contributed by atoms with van der Waals surface area (Å²) in [5.74, 6) is -0.121. The molecule has 3 rings (SSSR count). The second-order valence-electron chi connectivity index (χ2n) is 6.65. The van der Waals surface area contributed by atoms with Crippen LogP contribution in [0.2, 0.25) is 0 Å². The van der Waals surface area contributed by atoms with E-state index in [1.807, 2.05) is 10.3 Å². The molecule has 0 saturated carbocycles. The van der Waals surface area contributed by atoms with Crippen LogP contribution in [0, 0.1) is 5.92 Å². The van der Waals surface area contributed by atoms with Crippen molar-refractivity contribution in [3.8, 4) is 0 Å². The number of carbonyl (C=O) groups excluding carboxylic acids is 1. The summed E-state index contributed by atoms with van der Waals surface area (Å²) in [4.78, 5) is 20.9. The van der Waals surface area contributed by atoms with Gasteiger partial charge in [0.05, 0.1) is 26.3 Å². The summed E-state index contributed by atoms with van der Waals surface area (Å²) in [5, 5.41) is 2.37. The molecule has 1 amide bonds. The maximum absolute atomic E-state index is 12.6. The molecule has 128 valence electrons. The molecular weight excluding hydrogens is 314 g/mol. The summed E-state index contributed by atoms with van der Waals surface area (Å²) < 4.78 is 12.1. The van der Waals surface area contributed by atoms with Crippen LogP contribution in [0.15, 0.2) is 11.6 Å². The Morgan fingerprint density at radius 1 is 1.35 bits per heavy atom. The predicted octanol–water partition coefficient (Wildman–Crippen LogP) is 1.69. The Balaban J connectivity index is 1.71. The lowest BCUT2D eigenvalue weighted by Gasteiger charge is -2.43. The summed E-state index contributed by atoms with van der Waals surface area (Å²) in [6.45, 7) is 9.44. The molecule has 0 bridgehead atoms. The second kappa shape index (κ2) is 7.25. The molecule has 1 atom stereocenters. The van der Waals surface area contributed by atoms with Gasteiger partial charge in [-0.2, -0.15) is 0 Å². The van der Waals surface area contributed by atoms with Crippen LogP contribution in [0.5, 0.6) is 0 Å². The number of morpholine rings is 1. The topological polar surface area (TPSA) is 54.9 Å². The highest BCUT2D eigenvalue weighted by Crippen LogP contribution is 2.26. The lowest BCUT2D eigenvalue weighted by atomic mass is 10.1. The fourth-order valence-electron chi connectivity index (χ4n) is 3.26. The van der Waals surface area contributed by atoms with Crippen molar-refractivity contribution in [1.29, 1.82) is 0 Å². The van der Waals surface area contributed by atoms with E-state index in [1.165, 1.54) is 11.3 Å². The van der Waals surface area contributed by atoms with Gasteiger partial charge in [0.1, 0.15) is 0 Å². The van der Waals surface area contributed by atoms with Crippen molar-refractivity contribution in [2.45, 2.75) is 26.1 Å². The smallest absolute Gasteiger partial charge is 0.283 e. The molecule has 1 aromatic rings. The van der Waals surface area contributed by atoms with Crippen molar-refractivity contribution in [3.63, 3.8) is 0 Å². The molecule has 3 heterocycles. The minimum Gasteiger partial charge on any atom is -0.347 e. The van der Waals surface area contributed by atoms with E-state index in [-0.39, 0.29) is 5.91 Å². The van der Waals surface area contributed by atoms with Crippen LogP contribution < -0.4 is 0 Å². The quantitative estimate of drug-likeness (QED) is 0.839. The van der Waals surface area contributed by atoms with Crippen LogP contribution in [-0.2, 0) is 9.47 Å². The first-order chi connectivity index (χ1) is 11.1. The van der Waals surface area contributed by atoms with E-state index in [1.54, 1.807) is 6.20 Å². The molecular formula is C16H25N3O3S. The van der Waals surface area contributed by atoms with Gasteiger partial charge in [0.15, 0.2) is 10.8 Å². The Bertz CT molecular complexity index is 523. The number of aromatic nitrogens is 1. The molecule has 2 aliphatic rings. The van der Waals surface area contributed by atoms with Crippen molar-refractivity contribution >= 4 is 17.2 Å². The number of ether oxygens (including phenoxy) is 2. The maximum atomic E-state index is 12.6. The molecule has 2 aliphatic heterocycles. The highest BCUT2D eigenvalue weighted by atomic mass is 32.1. The summed E-state index contributed by atoms with van der Waals surface area (Å²) in [5.41, 5.74) is 0. The van der Waals surface area contributed by atoms with E-state index in [4.69, 9.17) is 9.47 Å². The van der Waals surface area contributed by atoms with E-state index in [0.717, 1.165) is 19.5 Å². The monoisotopic (exact) mass is 339 g/mol. The van der Waals surface area contributed by atoms with Gasteiger partial charge in [-0.05, 0) is 12.3 Å². The van der Waals surface area contributed by atoms with E-state index in [2.05, 4.69) is 23.7 Å². The number of thiazole rings is 1. The number of rotatable bonds is 3. The minimum atomic E-state index is -0.698. The molecule has 1 spiro atoms. The molecule has 23 heavy (non-hydrogen) atoms. The number of hydrogen-bond acceptors (Lipinski definition) is 6. The van der Waals surface area contributed by atoms with E-state index >= 15 is 0 Å². The van der Waals surface area contributed by atoms with Crippen molar-refractivity contribution in [3.05, 3.63) is 16.6 Å². The third-order valence-corrected chi connectivity index (χ3v) is 4.89. The van der Waals surface area contributed by atoms with Gasteiger partial charge in [-0.25, -0.2) is 4.98 Å². The fraction of sp³-hybridized carbons (Fsp3) is 0.750. The molecule has 0 radical (unpaired) electrons. The zero-order valence-corrected chi connectivity index (χ0v) is 14.7. The Morgan fingerprint density at radius 2 is 2.17 bits per heavy atom. The normalized spacial score (nSPS) is 26.7. The van der Waals surface area contributed by atoms with Gasteiger partial charge < -0.3 is 14.4 Å². The number of hydrogen-bond donors (Lipinski definition) is 0. The molecule has 1 unspecified atom stereocenters. The Hall–Kier alpha value is -1.02. The van der Waals surface area contributed by atoms with Gasteiger partial charge >= 0.3 is 0 Å². The Morgan fingerprint density at radius 3 is 2.91 bits per heavy atom.